The zero-order valence-corrected chi connectivity index (χ0v) is 43.6. The summed E-state index contributed by atoms with van der Waals surface area (Å²) < 4.78 is 59.8. The smallest absolute Gasteiger partial charge is 0.269 e. The average molecular weight is 1160 g/mol. The van der Waals surface area contributed by atoms with E-state index in [1.807, 2.05) is 0 Å². The molecule has 34 heteroatoms. The number of hydrogen-bond donors (Lipinski definition) is 16. The quantitative estimate of drug-likeness (QED) is 0.0401. The number of carbonyl (C=O) groups excluding carboxylic acids is 5. The highest BCUT2D eigenvalue weighted by molar-refractivity contribution is 5.75. The van der Waals surface area contributed by atoms with Crippen LogP contribution in [0.5, 0.6) is 5.75 Å². The molecule has 0 radical (unpaired) electrons. The van der Waals surface area contributed by atoms with E-state index in [4.69, 9.17) is 47.4 Å². The number of hydrogen-bond acceptors (Lipinski definition) is 28. The Morgan fingerprint density at radius 3 is 0.938 bits per heavy atom. The maximum absolute atomic E-state index is 12.8. The van der Waals surface area contributed by atoms with Gasteiger partial charge in [-0.05, 0) is 12.1 Å². The van der Waals surface area contributed by atoms with Gasteiger partial charge in [0.25, 0.3) is 5.69 Å². The topological polar surface area (TPSA) is 503 Å². The summed E-state index contributed by atoms with van der Waals surface area (Å²) in [5.74, 6) is -3.87. The monoisotopic (exact) mass is 1150 g/mol. The zero-order valence-electron chi connectivity index (χ0n) is 43.6. The van der Waals surface area contributed by atoms with E-state index in [0.29, 0.717) is 0 Å². The molecule has 5 amide bonds. The minimum atomic E-state index is -2.03. The second kappa shape index (κ2) is 28.3. The lowest BCUT2D eigenvalue weighted by Crippen LogP contribution is -2.72. The first kappa shape index (κ1) is 64.1. The molecule has 6 rings (SSSR count). The molecule has 1 aromatic rings. The Morgan fingerprint density at radius 2 is 0.675 bits per heavy atom. The Hall–Kier alpha value is -5.03. The molecule has 16 N–H and O–H groups in total. The van der Waals surface area contributed by atoms with Gasteiger partial charge >= 0.3 is 0 Å². The Balaban J connectivity index is 1.22. The van der Waals surface area contributed by atoms with Crippen LogP contribution in [-0.4, -0.2) is 277 Å². The number of nitrogens with one attached hydrogen (secondary N) is 5. The summed E-state index contributed by atoms with van der Waals surface area (Å²) in [5, 5.41) is 145. The normalized spacial score (nSPS) is 40.2. The van der Waals surface area contributed by atoms with Gasteiger partial charge in [-0.1, -0.05) is 0 Å². The number of benzene rings is 1. The number of carbonyl (C=O) groups is 5. The van der Waals surface area contributed by atoms with Crippen molar-refractivity contribution in [1.82, 2.24) is 26.6 Å². The van der Waals surface area contributed by atoms with Gasteiger partial charge in [-0.15, -0.1) is 0 Å². The lowest BCUT2D eigenvalue weighted by atomic mass is 9.93. The largest absolute Gasteiger partial charge is 0.463 e. The standard InChI is InChI=1S/C46H70N6O28/c1-15(58)47-27-33(64)32(63)22(10-53)72-43(27)77-39-24(12-55)74-45(29(35(39)66)49-17(3)60)79-41-26(14-57)76-46(31(37(41)68)51-19(5)62)80-40-25(13-56)75-44(30(36(40)67)50-18(4)61)78-38-23(11-54)73-42(28(34(38)65)48-16(2)59)71-21-8-6-20(7-9-21)52(69)70/h6-9,22-46,53-57,63-68H,10-14H2,1-5H3,(H,47,58)(H,48,59)(H,49,60)(H,50,61)(H,51,62)/t22-,23-,24-,25-,26-,27-,28-,29-,30-,31-,32-,33-,34-,35-,36-,37-,38-,39-,40-,41-,42-,43+,44+,45+,46+/m1/s1. The van der Waals surface area contributed by atoms with Crippen LogP contribution in [0.4, 0.5) is 5.69 Å². The van der Waals surface area contributed by atoms with E-state index in [9.17, 15) is 90.3 Å². The molecule has 0 aliphatic carbocycles. The molecular weight excluding hydrogens is 1080 g/mol. The van der Waals surface area contributed by atoms with Crippen molar-refractivity contribution >= 4 is 35.2 Å². The van der Waals surface area contributed by atoms with Gasteiger partial charge in [0.2, 0.25) is 35.8 Å². The van der Waals surface area contributed by atoms with Gasteiger partial charge in [0.1, 0.15) is 128 Å². The van der Waals surface area contributed by atoms with Crippen LogP contribution in [-0.2, 0) is 66.6 Å². The van der Waals surface area contributed by atoms with Crippen LogP contribution < -0.4 is 31.3 Å². The van der Waals surface area contributed by atoms with Gasteiger partial charge in [-0.2, -0.15) is 0 Å². The number of amides is 5. The zero-order chi connectivity index (χ0) is 59.0. The van der Waals surface area contributed by atoms with Crippen LogP contribution in [0.2, 0.25) is 0 Å². The molecule has 5 fully saturated rings. The maximum Gasteiger partial charge on any atom is 0.269 e. The van der Waals surface area contributed by atoms with Gasteiger partial charge in [-0.25, -0.2) is 0 Å². The van der Waals surface area contributed by atoms with Gasteiger partial charge in [-0.3, -0.25) is 34.1 Å². The highest BCUT2D eigenvalue weighted by atomic mass is 16.8. The van der Waals surface area contributed by atoms with Crippen LogP contribution in [0.3, 0.4) is 0 Å². The first-order valence-corrected chi connectivity index (χ1v) is 25.1. The summed E-state index contributed by atoms with van der Waals surface area (Å²) in [7, 11) is 0. The Kier molecular flexibility index (Phi) is 22.7. The number of nitro groups is 1. The fourth-order valence-electron chi connectivity index (χ4n) is 9.93. The van der Waals surface area contributed by atoms with E-state index in [2.05, 4.69) is 26.6 Å². The Labute approximate surface area is 454 Å². The second-order valence-corrected chi connectivity index (χ2v) is 19.5. The molecule has 0 spiro atoms. The van der Waals surface area contributed by atoms with Crippen molar-refractivity contribution in [3.63, 3.8) is 0 Å². The maximum atomic E-state index is 12.8. The van der Waals surface area contributed by atoms with E-state index in [-0.39, 0.29) is 11.4 Å². The lowest BCUT2D eigenvalue weighted by molar-refractivity contribution is -0.384. The van der Waals surface area contributed by atoms with Crippen LogP contribution in [0.15, 0.2) is 24.3 Å². The Morgan fingerprint density at radius 1 is 0.425 bits per heavy atom. The Bertz CT molecular complexity index is 2260. The van der Waals surface area contributed by atoms with Crippen molar-refractivity contribution < 1.29 is 132 Å². The lowest BCUT2D eigenvalue weighted by Gasteiger charge is -2.51. The van der Waals surface area contributed by atoms with E-state index in [1.54, 1.807) is 0 Å². The van der Waals surface area contributed by atoms with Gasteiger partial charge in [0, 0.05) is 46.8 Å². The number of non-ortho nitro benzene ring substituents is 1. The molecule has 34 nitrogen and oxygen atoms in total. The van der Waals surface area contributed by atoms with E-state index in [1.165, 1.54) is 12.1 Å². The SMILES string of the molecule is CC(=O)N[C@H]1[C@H](Oc2ccc([N+](=O)[O-])cc2)O[C@H](CO)[C@@H](O[C@@H]2O[C@H](CO)[C@@H](O[C@@H]3O[C@H](CO)[C@@H](O[C@@H]4O[C@H](CO)[C@@H](O[C@@H]5O[C@H](CO)[C@@H](O)[C@H](O)[C@H]5NC(C)=O)[C@H](O)[C@H]4NC(C)=O)[C@H](O)[C@H]3NC(C)=O)[C@H](O)[C@H]2NC(C)=O)[C@@H]1O. The molecule has 5 saturated heterocycles. The second-order valence-electron chi connectivity index (χ2n) is 19.5. The minimum Gasteiger partial charge on any atom is -0.463 e. The van der Waals surface area contributed by atoms with E-state index >= 15 is 0 Å². The minimum absolute atomic E-state index is 0.00883. The highest BCUT2D eigenvalue weighted by Gasteiger charge is 2.58. The molecule has 5 heterocycles. The summed E-state index contributed by atoms with van der Waals surface area (Å²) in [4.78, 5) is 73.2. The summed E-state index contributed by atoms with van der Waals surface area (Å²) in [6.45, 7) is 0.534. The number of rotatable bonds is 21. The number of nitrogens with zero attached hydrogens (tertiary/aromatic N) is 1. The summed E-state index contributed by atoms with van der Waals surface area (Å²) in [5.41, 5.74) is -0.281. The van der Waals surface area contributed by atoms with Crippen LogP contribution in [0, 0.1) is 10.1 Å². The molecular formula is C46H70N6O28. The van der Waals surface area contributed by atoms with E-state index in [0.717, 1.165) is 46.8 Å². The third-order valence-electron chi connectivity index (χ3n) is 13.6. The third kappa shape index (κ3) is 15.0. The van der Waals surface area contributed by atoms with Crippen molar-refractivity contribution in [3.8, 4) is 5.75 Å². The van der Waals surface area contributed by atoms with E-state index < -0.39 is 221 Å². The summed E-state index contributed by atoms with van der Waals surface area (Å²) in [6.07, 6.45) is -35.4. The van der Waals surface area contributed by atoms with Crippen LogP contribution >= 0.6 is 0 Å². The summed E-state index contributed by atoms with van der Waals surface area (Å²) >= 11 is 0. The first-order chi connectivity index (χ1) is 37.8. The van der Waals surface area contributed by atoms with Crippen molar-refractivity contribution in [2.75, 3.05) is 33.0 Å². The molecule has 0 unspecified atom stereocenters. The van der Waals surface area contributed by atoms with Crippen LogP contribution in [0.25, 0.3) is 0 Å². The molecule has 25 atom stereocenters. The van der Waals surface area contributed by atoms with Crippen molar-refractivity contribution in [2.45, 2.75) is 188 Å². The highest BCUT2D eigenvalue weighted by Crippen LogP contribution is 2.36. The average Bonchev–Trinajstić information content (AvgIpc) is 3.39. The summed E-state index contributed by atoms with van der Waals surface area (Å²) in [6, 6.07) is -3.51. The predicted octanol–water partition coefficient (Wildman–Crippen LogP) is -9.21. The molecule has 0 aromatic heterocycles. The molecule has 80 heavy (non-hydrogen) atoms. The number of ether oxygens (including phenoxy) is 10. The number of aliphatic hydroxyl groups is 11. The number of nitro benzene ring substituents is 1. The fourth-order valence-corrected chi connectivity index (χ4v) is 9.93. The van der Waals surface area contributed by atoms with Crippen molar-refractivity contribution in [3.05, 3.63) is 34.4 Å². The number of aliphatic hydroxyl groups excluding tert-OH is 11. The first-order valence-electron chi connectivity index (χ1n) is 25.1. The molecule has 5 aliphatic heterocycles. The van der Waals surface area contributed by atoms with Crippen LogP contribution in [0.1, 0.15) is 34.6 Å². The molecule has 5 aliphatic rings. The van der Waals surface area contributed by atoms with Crippen molar-refractivity contribution in [1.29, 1.82) is 0 Å². The third-order valence-corrected chi connectivity index (χ3v) is 13.6. The fraction of sp³-hybridized carbons (Fsp3) is 0.761. The molecule has 1 aromatic carbocycles. The van der Waals surface area contributed by atoms with Gasteiger partial charge in [0.05, 0.1) is 38.0 Å². The van der Waals surface area contributed by atoms with Gasteiger partial charge in [0.15, 0.2) is 25.2 Å². The van der Waals surface area contributed by atoms with Crippen molar-refractivity contribution in [2.24, 2.45) is 0 Å². The molecule has 0 saturated carbocycles. The molecule has 452 valence electrons. The predicted molar refractivity (Wildman–Crippen MR) is 256 cm³/mol. The van der Waals surface area contributed by atoms with Gasteiger partial charge < -0.3 is 130 Å². The molecule has 0 bridgehead atoms.